The first-order valence-electron chi connectivity index (χ1n) is 13.0. The third kappa shape index (κ3) is 3.87. The van der Waals surface area contributed by atoms with Gasteiger partial charge in [0.15, 0.2) is 11.5 Å². The van der Waals surface area contributed by atoms with Gasteiger partial charge in [-0.15, -0.1) is 22.7 Å². The summed E-state index contributed by atoms with van der Waals surface area (Å²) in [5.41, 5.74) is 7.68. The highest BCUT2D eigenvalue weighted by atomic mass is 32.1. The van der Waals surface area contributed by atoms with E-state index >= 15 is 0 Å². The third-order valence-electron chi connectivity index (χ3n) is 7.26. The number of aromatic nitrogens is 2. The predicted molar refractivity (Wildman–Crippen MR) is 164 cm³/mol. The fraction of sp³-hybridized carbons (Fsp3) is 0.0909. The summed E-state index contributed by atoms with van der Waals surface area (Å²) in [6.45, 7) is 2.25. The third-order valence-corrected chi connectivity index (χ3v) is 9.42. The molecule has 4 aromatic carbocycles. The van der Waals surface area contributed by atoms with Crippen LogP contribution in [0.3, 0.4) is 0 Å². The van der Waals surface area contributed by atoms with Crippen molar-refractivity contribution in [2.45, 2.75) is 13.3 Å². The number of fused-ring (bicyclic) bond motifs is 4. The maximum atomic E-state index is 6.17. The topological polar surface area (TPSA) is 38.2 Å². The van der Waals surface area contributed by atoms with Gasteiger partial charge in [-0.3, -0.25) is 0 Å². The number of thiazole rings is 2. The molecule has 0 saturated heterocycles. The van der Waals surface area contributed by atoms with Gasteiger partial charge < -0.3 is 9.64 Å². The summed E-state index contributed by atoms with van der Waals surface area (Å²) < 4.78 is 8.53. The molecule has 1 unspecified atom stereocenters. The van der Waals surface area contributed by atoms with Gasteiger partial charge in [-0.05, 0) is 78.6 Å². The molecule has 188 valence electrons. The van der Waals surface area contributed by atoms with Crippen molar-refractivity contribution in [3.63, 3.8) is 0 Å². The Morgan fingerprint density at radius 2 is 1.38 bits per heavy atom. The molecule has 1 atom stereocenters. The fourth-order valence-corrected chi connectivity index (χ4v) is 7.35. The van der Waals surface area contributed by atoms with Gasteiger partial charge in [-0.2, -0.15) is 0 Å². The summed E-state index contributed by atoms with van der Waals surface area (Å²) >= 11 is 3.49. The number of hydrogen-bond acceptors (Lipinski definition) is 6. The van der Waals surface area contributed by atoms with E-state index in [4.69, 9.17) is 14.7 Å². The monoisotopic (exact) mass is 541 g/mol. The van der Waals surface area contributed by atoms with Crippen molar-refractivity contribution in [2.75, 3.05) is 4.90 Å². The van der Waals surface area contributed by atoms with Gasteiger partial charge >= 0.3 is 0 Å². The average molecular weight is 542 g/mol. The largest absolute Gasteiger partial charge is 0.453 e. The van der Waals surface area contributed by atoms with E-state index in [0.29, 0.717) is 5.92 Å². The molecule has 0 fully saturated rings. The molecule has 2 aliphatic rings. The van der Waals surface area contributed by atoms with Crippen molar-refractivity contribution in [3.05, 3.63) is 108 Å². The van der Waals surface area contributed by atoms with Gasteiger partial charge in [0, 0.05) is 11.3 Å². The second-order valence-electron chi connectivity index (χ2n) is 10.0. The maximum Gasteiger partial charge on any atom is 0.151 e. The lowest BCUT2D eigenvalue weighted by Gasteiger charge is -2.32. The van der Waals surface area contributed by atoms with Crippen LogP contribution < -0.4 is 9.64 Å². The van der Waals surface area contributed by atoms with Gasteiger partial charge in [-0.1, -0.05) is 49.4 Å². The van der Waals surface area contributed by atoms with Crippen LogP contribution in [0, 0.1) is 5.92 Å². The van der Waals surface area contributed by atoms with E-state index in [1.807, 2.05) is 36.4 Å². The van der Waals surface area contributed by atoms with Gasteiger partial charge in [0.05, 0.1) is 31.8 Å². The molecule has 8 rings (SSSR count). The van der Waals surface area contributed by atoms with E-state index in [2.05, 4.69) is 78.6 Å². The second-order valence-corrected chi connectivity index (χ2v) is 12.1. The van der Waals surface area contributed by atoms with E-state index in [1.54, 1.807) is 22.7 Å². The Morgan fingerprint density at radius 3 is 2.05 bits per heavy atom. The van der Waals surface area contributed by atoms with Crippen LogP contribution >= 0.6 is 22.7 Å². The van der Waals surface area contributed by atoms with Gasteiger partial charge in [-0.25, -0.2) is 9.97 Å². The molecule has 39 heavy (non-hydrogen) atoms. The van der Waals surface area contributed by atoms with Crippen LogP contribution in [0.15, 0.2) is 103 Å². The first-order chi connectivity index (χ1) is 19.2. The molecule has 0 saturated carbocycles. The Hall–Kier alpha value is -4.26. The molecule has 6 heteroatoms. The lowest BCUT2D eigenvalue weighted by Crippen LogP contribution is -2.15. The Labute approximate surface area is 234 Å². The van der Waals surface area contributed by atoms with Crippen LogP contribution in [0.1, 0.15) is 18.4 Å². The minimum Gasteiger partial charge on any atom is -0.453 e. The normalized spacial score (nSPS) is 16.2. The number of hydrogen-bond donors (Lipinski definition) is 0. The molecule has 2 aromatic heterocycles. The lowest BCUT2D eigenvalue weighted by atomic mass is 9.96. The molecule has 4 nitrogen and oxygen atoms in total. The molecular weight excluding hydrogens is 519 g/mol. The SMILES string of the molecule is CC1C=CC=C(c2nc3cc4sc(-c5ccc(N6c7ccccc7Oc7ccccc76)cc5)nc4cc3s2)C1. The summed E-state index contributed by atoms with van der Waals surface area (Å²) in [6, 6.07) is 29.4. The van der Waals surface area contributed by atoms with Crippen molar-refractivity contribution < 1.29 is 4.74 Å². The number of ether oxygens (including phenoxy) is 1. The highest BCUT2D eigenvalue weighted by Gasteiger charge is 2.25. The molecule has 0 N–H and O–H groups in total. The Balaban J connectivity index is 1.14. The standard InChI is InChI=1S/C33H23N3OS2/c1-20-7-6-8-22(17-20)33-35-25-19-30-24(18-31(25)39-33)34-32(38-30)21-13-15-23(16-14-21)36-26-9-2-4-11-28(26)37-29-12-5-3-10-27(29)36/h2-16,18-20H,17H2,1H3. The molecule has 6 aromatic rings. The number of benzene rings is 4. The van der Waals surface area contributed by atoms with E-state index in [0.717, 1.165) is 61.6 Å². The number of anilines is 3. The minimum absolute atomic E-state index is 0.559. The first kappa shape index (κ1) is 22.7. The first-order valence-corrected chi connectivity index (χ1v) is 14.7. The number of allylic oxidation sites excluding steroid dienone is 4. The Bertz CT molecular complexity index is 1850. The van der Waals surface area contributed by atoms with E-state index in [1.165, 1.54) is 15.0 Å². The molecule has 0 radical (unpaired) electrons. The summed E-state index contributed by atoms with van der Waals surface area (Å²) in [5.74, 6) is 2.27. The predicted octanol–water partition coefficient (Wildman–Crippen LogP) is 10.1. The fourth-order valence-electron chi connectivity index (χ4n) is 5.35. The van der Waals surface area contributed by atoms with E-state index in [-0.39, 0.29) is 0 Å². The number of rotatable bonds is 3. The zero-order chi connectivity index (χ0) is 25.9. The minimum atomic E-state index is 0.559. The molecular formula is C33H23N3OS2. The number of nitrogens with zero attached hydrogens (tertiary/aromatic N) is 3. The van der Waals surface area contributed by atoms with E-state index in [9.17, 15) is 0 Å². The molecule has 0 amide bonds. The molecule has 1 aliphatic carbocycles. The highest BCUT2D eigenvalue weighted by molar-refractivity contribution is 7.22. The van der Waals surface area contributed by atoms with Crippen LogP contribution in [0.25, 0.3) is 36.6 Å². The van der Waals surface area contributed by atoms with Crippen molar-refractivity contribution in [1.82, 2.24) is 9.97 Å². The van der Waals surface area contributed by atoms with Gasteiger partial charge in [0.25, 0.3) is 0 Å². The molecule has 0 bridgehead atoms. The van der Waals surface area contributed by atoms with E-state index < -0.39 is 0 Å². The zero-order valence-electron chi connectivity index (χ0n) is 21.2. The Kier molecular flexibility index (Phi) is 5.18. The molecule has 3 heterocycles. The highest BCUT2D eigenvalue weighted by Crippen LogP contribution is 2.50. The zero-order valence-corrected chi connectivity index (χ0v) is 22.8. The number of para-hydroxylation sites is 4. The lowest BCUT2D eigenvalue weighted by molar-refractivity contribution is 0.477. The van der Waals surface area contributed by atoms with Gasteiger partial charge in [0.1, 0.15) is 10.0 Å². The van der Waals surface area contributed by atoms with Crippen LogP contribution in [0.2, 0.25) is 0 Å². The average Bonchev–Trinajstić information content (AvgIpc) is 3.58. The summed E-state index contributed by atoms with van der Waals surface area (Å²) in [7, 11) is 0. The quantitative estimate of drug-likeness (QED) is 0.223. The second kappa shape index (κ2) is 8.90. The van der Waals surface area contributed by atoms with Crippen molar-refractivity contribution >= 4 is 65.7 Å². The van der Waals surface area contributed by atoms with Gasteiger partial charge in [0.2, 0.25) is 0 Å². The summed E-state index contributed by atoms with van der Waals surface area (Å²) in [5, 5.41) is 2.15. The maximum absolute atomic E-state index is 6.17. The summed E-state index contributed by atoms with van der Waals surface area (Å²) in [6.07, 6.45) is 7.66. The van der Waals surface area contributed by atoms with Crippen molar-refractivity contribution in [3.8, 4) is 22.1 Å². The van der Waals surface area contributed by atoms with Crippen LogP contribution in [-0.4, -0.2) is 9.97 Å². The van der Waals surface area contributed by atoms with Crippen LogP contribution in [-0.2, 0) is 0 Å². The van der Waals surface area contributed by atoms with Crippen LogP contribution in [0.4, 0.5) is 17.1 Å². The summed E-state index contributed by atoms with van der Waals surface area (Å²) in [4.78, 5) is 12.3. The van der Waals surface area contributed by atoms with Crippen LogP contribution in [0.5, 0.6) is 11.5 Å². The van der Waals surface area contributed by atoms with Crippen molar-refractivity contribution in [1.29, 1.82) is 0 Å². The molecule has 0 spiro atoms. The molecule has 1 aliphatic heterocycles. The van der Waals surface area contributed by atoms with Crippen molar-refractivity contribution in [2.24, 2.45) is 5.92 Å². The Morgan fingerprint density at radius 1 is 0.769 bits per heavy atom. The smallest absolute Gasteiger partial charge is 0.151 e.